The molecular weight excluding hydrogens is 162 g/mol. The zero-order valence-electron chi connectivity index (χ0n) is 8.88. The molecule has 1 aliphatic heterocycles. The molecule has 2 rings (SSSR count). The molecule has 13 heavy (non-hydrogen) atoms. The van der Waals surface area contributed by atoms with Crippen molar-refractivity contribution < 1.29 is 0 Å². The number of nitrogens with zero attached hydrogens (tertiary/aromatic N) is 1. The number of piperidine rings is 1. The van der Waals surface area contributed by atoms with E-state index in [9.17, 15) is 0 Å². The molecule has 1 heterocycles. The van der Waals surface area contributed by atoms with Gasteiger partial charge in [-0.2, -0.15) is 0 Å². The van der Waals surface area contributed by atoms with Crippen LogP contribution in [-0.2, 0) is 0 Å². The Balaban J connectivity index is 1.97. The van der Waals surface area contributed by atoms with E-state index in [-0.39, 0.29) is 5.54 Å². The highest BCUT2D eigenvalue weighted by Crippen LogP contribution is 2.54. The van der Waals surface area contributed by atoms with Crippen molar-refractivity contribution in [3.8, 4) is 0 Å². The summed E-state index contributed by atoms with van der Waals surface area (Å²) in [6.07, 6.45) is 0. The molecule has 0 spiro atoms. The van der Waals surface area contributed by atoms with E-state index in [0.29, 0.717) is 23.9 Å². The Morgan fingerprint density at radius 3 is 2.08 bits per heavy atom. The Hall–Kier alpha value is -0.120. The number of likely N-dealkylation sites (tertiary alicyclic amines) is 1. The van der Waals surface area contributed by atoms with Gasteiger partial charge in [0.15, 0.2) is 0 Å². The van der Waals surface area contributed by atoms with Crippen molar-refractivity contribution in [2.24, 2.45) is 23.3 Å². The molecule has 3 heteroatoms. The minimum absolute atomic E-state index is 0.0122. The second-order valence-electron chi connectivity index (χ2n) is 5.61. The maximum atomic E-state index is 6.15. The summed E-state index contributed by atoms with van der Waals surface area (Å²) in [5, 5.41) is 0. The molecule has 1 saturated carbocycles. The number of rotatable bonds is 1. The van der Waals surface area contributed by atoms with Crippen molar-refractivity contribution in [2.75, 3.05) is 19.6 Å². The van der Waals surface area contributed by atoms with E-state index in [1.54, 1.807) is 0 Å². The summed E-state index contributed by atoms with van der Waals surface area (Å²) in [7, 11) is 0. The van der Waals surface area contributed by atoms with Crippen LogP contribution < -0.4 is 11.5 Å². The van der Waals surface area contributed by atoms with Gasteiger partial charge >= 0.3 is 0 Å². The molecule has 3 nitrogen and oxygen atoms in total. The average Bonchev–Trinajstić information content (AvgIpc) is 2.50. The van der Waals surface area contributed by atoms with Crippen molar-refractivity contribution in [2.45, 2.75) is 31.8 Å². The van der Waals surface area contributed by atoms with Crippen LogP contribution in [0.15, 0.2) is 0 Å². The van der Waals surface area contributed by atoms with E-state index < -0.39 is 0 Å². The van der Waals surface area contributed by atoms with Crippen LogP contribution in [0, 0.1) is 11.8 Å². The summed E-state index contributed by atoms with van der Waals surface area (Å²) in [5.41, 5.74) is 12.1. The lowest BCUT2D eigenvalue weighted by Gasteiger charge is -2.35. The summed E-state index contributed by atoms with van der Waals surface area (Å²) in [6, 6.07) is 0. The van der Waals surface area contributed by atoms with Gasteiger partial charge in [-0.3, -0.25) is 4.90 Å². The first kappa shape index (κ1) is 9.44. The van der Waals surface area contributed by atoms with Crippen LogP contribution in [0.5, 0.6) is 0 Å². The lowest BCUT2D eigenvalue weighted by molar-refractivity contribution is 0.143. The smallest absolute Gasteiger partial charge is 0.0368 e. The van der Waals surface area contributed by atoms with Crippen LogP contribution in [0.25, 0.3) is 0 Å². The van der Waals surface area contributed by atoms with Gasteiger partial charge in [-0.15, -0.1) is 0 Å². The molecule has 0 aromatic heterocycles. The van der Waals surface area contributed by atoms with E-state index >= 15 is 0 Å². The van der Waals surface area contributed by atoms with Crippen LogP contribution in [0.4, 0.5) is 0 Å². The molecule has 76 valence electrons. The SMILES string of the molecule is CC(C)(C)N1C[C@@H]2[C@H](C1)C2(N)CN. The third-order valence-corrected chi connectivity index (χ3v) is 3.89. The maximum absolute atomic E-state index is 6.15. The van der Waals surface area contributed by atoms with E-state index in [1.165, 1.54) is 0 Å². The normalized spacial score (nSPS) is 45.0. The van der Waals surface area contributed by atoms with Gasteiger partial charge < -0.3 is 11.5 Å². The molecule has 0 amide bonds. The third kappa shape index (κ3) is 1.22. The molecule has 0 aromatic carbocycles. The first-order valence-electron chi connectivity index (χ1n) is 5.13. The van der Waals surface area contributed by atoms with Crippen LogP contribution in [-0.4, -0.2) is 35.6 Å². The van der Waals surface area contributed by atoms with E-state index in [4.69, 9.17) is 11.5 Å². The molecule has 3 atom stereocenters. The molecule has 1 saturated heterocycles. The largest absolute Gasteiger partial charge is 0.329 e. The Labute approximate surface area is 80.5 Å². The van der Waals surface area contributed by atoms with Crippen molar-refractivity contribution >= 4 is 0 Å². The predicted octanol–water partition coefficient (Wildman–Crippen LogP) is 0.00270. The Bertz CT molecular complexity index is 207. The zero-order valence-corrected chi connectivity index (χ0v) is 8.88. The van der Waals surface area contributed by atoms with Gasteiger partial charge in [-0.05, 0) is 32.6 Å². The molecule has 4 N–H and O–H groups in total. The quantitative estimate of drug-likeness (QED) is 0.602. The molecule has 0 bridgehead atoms. The fourth-order valence-electron chi connectivity index (χ4n) is 2.62. The molecule has 1 unspecified atom stereocenters. The van der Waals surface area contributed by atoms with Gasteiger partial charge in [0.1, 0.15) is 0 Å². The van der Waals surface area contributed by atoms with Crippen LogP contribution in [0.2, 0.25) is 0 Å². The number of hydrogen-bond donors (Lipinski definition) is 2. The summed E-state index contributed by atoms with van der Waals surface area (Å²) in [5.74, 6) is 1.33. The summed E-state index contributed by atoms with van der Waals surface area (Å²) in [6.45, 7) is 9.72. The first-order chi connectivity index (χ1) is 5.89. The van der Waals surface area contributed by atoms with Crippen LogP contribution >= 0.6 is 0 Å². The van der Waals surface area contributed by atoms with Gasteiger partial charge in [-0.25, -0.2) is 0 Å². The molecule has 1 aliphatic carbocycles. The fourth-order valence-corrected chi connectivity index (χ4v) is 2.62. The summed E-state index contributed by atoms with van der Waals surface area (Å²) >= 11 is 0. The lowest BCUT2D eigenvalue weighted by atomic mass is 10.0. The van der Waals surface area contributed by atoms with Gasteiger partial charge in [0.2, 0.25) is 0 Å². The van der Waals surface area contributed by atoms with Crippen LogP contribution in [0.3, 0.4) is 0 Å². The van der Waals surface area contributed by atoms with Crippen LogP contribution in [0.1, 0.15) is 20.8 Å². The molecule has 0 aromatic rings. The Morgan fingerprint density at radius 2 is 1.77 bits per heavy atom. The van der Waals surface area contributed by atoms with E-state index in [0.717, 1.165) is 13.1 Å². The number of fused-ring (bicyclic) bond motifs is 1. The molecular formula is C10H21N3. The first-order valence-corrected chi connectivity index (χ1v) is 5.13. The van der Waals surface area contributed by atoms with Gasteiger partial charge in [-0.1, -0.05) is 0 Å². The molecule has 2 fully saturated rings. The Morgan fingerprint density at radius 1 is 1.31 bits per heavy atom. The van der Waals surface area contributed by atoms with E-state index in [2.05, 4.69) is 25.7 Å². The number of nitrogens with two attached hydrogens (primary N) is 2. The Kier molecular flexibility index (Phi) is 1.79. The van der Waals surface area contributed by atoms with E-state index in [1.807, 2.05) is 0 Å². The second-order valence-corrected chi connectivity index (χ2v) is 5.61. The average molecular weight is 183 g/mol. The number of hydrogen-bond acceptors (Lipinski definition) is 3. The van der Waals surface area contributed by atoms with Gasteiger partial charge in [0.05, 0.1) is 0 Å². The highest BCUT2D eigenvalue weighted by Gasteiger charge is 2.65. The topological polar surface area (TPSA) is 55.3 Å². The third-order valence-electron chi connectivity index (χ3n) is 3.89. The highest BCUT2D eigenvalue weighted by atomic mass is 15.3. The highest BCUT2D eigenvalue weighted by molar-refractivity contribution is 5.22. The molecule has 2 aliphatic rings. The lowest BCUT2D eigenvalue weighted by Crippen LogP contribution is -2.48. The second kappa shape index (κ2) is 2.47. The van der Waals surface area contributed by atoms with Crippen molar-refractivity contribution in [1.29, 1.82) is 0 Å². The monoisotopic (exact) mass is 183 g/mol. The summed E-state index contributed by atoms with van der Waals surface area (Å²) < 4.78 is 0. The van der Waals surface area contributed by atoms with Crippen molar-refractivity contribution in [3.63, 3.8) is 0 Å². The predicted molar refractivity (Wildman–Crippen MR) is 54.3 cm³/mol. The van der Waals surface area contributed by atoms with Gasteiger partial charge in [0, 0.05) is 30.7 Å². The van der Waals surface area contributed by atoms with Crippen molar-refractivity contribution in [1.82, 2.24) is 4.90 Å². The molecule has 0 radical (unpaired) electrons. The van der Waals surface area contributed by atoms with Gasteiger partial charge in [0.25, 0.3) is 0 Å². The minimum Gasteiger partial charge on any atom is -0.329 e. The zero-order chi connectivity index (χ0) is 9.85. The van der Waals surface area contributed by atoms with Crippen molar-refractivity contribution in [3.05, 3.63) is 0 Å². The standard InChI is InChI=1S/C10H21N3/c1-9(2,3)13-4-7-8(5-13)10(7,12)6-11/h7-8H,4-6,11-12H2,1-3H3/t7-,8+,10?. The minimum atomic E-state index is -0.0122. The maximum Gasteiger partial charge on any atom is 0.0368 e. The summed E-state index contributed by atoms with van der Waals surface area (Å²) in [4.78, 5) is 2.52. The fraction of sp³-hybridized carbons (Fsp3) is 1.00.